The molecule has 0 saturated carbocycles. The third-order valence-corrected chi connectivity index (χ3v) is 4.67. The largest absolute Gasteiger partial charge is 0.472 e. The van der Waals surface area contributed by atoms with Gasteiger partial charge in [-0.2, -0.15) is 0 Å². The molecule has 0 radical (unpaired) electrons. The van der Waals surface area contributed by atoms with Gasteiger partial charge in [-0.05, 0) is 65.2 Å². The van der Waals surface area contributed by atoms with E-state index in [0.717, 1.165) is 6.20 Å². The van der Waals surface area contributed by atoms with Crippen molar-refractivity contribution in [2.45, 2.75) is 66.7 Å². The third-order valence-electron chi connectivity index (χ3n) is 4.67. The minimum atomic E-state index is -1.05. The number of aromatic nitrogens is 2. The predicted octanol–water partition coefficient (Wildman–Crippen LogP) is 4.65. The van der Waals surface area contributed by atoms with Crippen molar-refractivity contribution < 1.29 is 18.7 Å². The molecule has 0 fully saturated rings. The maximum absolute atomic E-state index is 14.0. The van der Waals surface area contributed by atoms with Crippen molar-refractivity contribution in [3.8, 4) is 17.0 Å². The molecule has 164 valence electrons. The maximum Gasteiger partial charge on any atom is 0.317 e. The van der Waals surface area contributed by atoms with Gasteiger partial charge in [-0.1, -0.05) is 13.8 Å². The number of aryl methyl sites for hydroxylation is 1. The molecule has 2 aromatic rings. The number of hydrogen-bond acceptors (Lipinski definition) is 6. The molecule has 2 heterocycles. The number of carbonyl (C=O) groups is 1. The quantitative estimate of drug-likeness (QED) is 0.521. The lowest BCUT2D eigenvalue weighted by Crippen LogP contribution is -2.52. The van der Waals surface area contributed by atoms with Crippen molar-refractivity contribution >= 4 is 5.97 Å². The first-order valence-electron chi connectivity index (χ1n) is 10.1. The van der Waals surface area contributed by atoms with E-state index in [2.05, 4.69) is 9.97 Å². The van der Waals surface area contributed by atoms with Gasteiger partial charge in [0, 0.05) is 11.8 Å². The summed E-state index contributed by atoms with van der Waals surface area (Å²) in [7, 11) is 0. The van der Waals surface area contributed by atoms with E-state index in [0.29, 0.717) is 29.1 Å². The lowest BCUT2D eigenvalue weighted by molar-refractivity contribution is -0.174. The van der Waals surface area contributed by atoms with Gasteiger partial charge in [-0.25, -0.2) is 9.37 Å². The zero-order chi connectivity index (χ0) is 22.7. The summed E-state index contributed by atoms with van der Waals surface area (Å²) in [4.78, 5) is 21.2. The van der Waals surface area contributed by atoms with E-state index in [1.54, 1.807) is 32.0 Å². The summed E-state index contributed by atoms with van der Waals surface area (Å²) in [5.74, 6) is -0.228. The summed E-state index contributed by atoms with van der Waals surface area (Å²) in [6.45, 7) is 13.0. The van der Waals surface area contributed by atoms with Crippen LogP contribution in [0.5, 0.6) is 5.75 Å². The molecule has 0 bridgehead atoms. The topological polar surface area (TPSA) is 87.3 Å². The molecule has 30 heavy (non-hydrogen) atoms. The summed E-state index contributed by atoms with van der Waals surface area (Å²) < 4.78 is 25.6. The molecule has 0 aliphatic heterocycles. The van der Waals surface area contributed by atoms with E-state index < -0.39 is 29.0 Å². The summed E-state index contributed by atoms with van der Waals surface area (Å²) in [6.07, 6.45) is 2.20. The summed E-state index contributed by atoms with van der Waals surface area (Å²) in [6, 6.07) is 4.90. The fourth-order valence-corrected chi connectivity index (χ4v) is 3.23. The smallest absolute Gasteiger partial charge is 0.317 e. The Bertz CT molecular complexity index is 896. The molecule has 0 aromatic carbocycles. The van der Waals surface area contributed by atoms with Crippen LogP contribution in [0.2, 0.25) is 0 Å². The van der Waals surface area contributed by atoms with Crippen molar-refractivity contribution in [3.05, 3.63) is 42.1 Å². The van der Waals surface area contributed by atoms with Crippen LogP contribution in [0.15, 0.2) is 30.6 Å². The Morgan fingerprint density at radius 3 is 2.40 bits per heavy atom. The number of nitrogens with zero attached hydrogens (tertiary/aromatic N) is 2. The van der Waals surface area contributed by atoms with Crippen LogP contribution in [0.4, 0.5) is 4.39 Å². The first-order chi connectivity index (χ1) is 13.8. The highest BCUT2D eigenvalue weighted by Crippen LogP contribution is 2.34. The van der Waals surface area contributed by atoms with Gasteiger partial charge in [0.25, 0.3) is 0 Å². The number of hydrogen-bond donors (Lipinski definition) is 1. The Morgan fingerprint density at radius 2 is 1.87 bits per heavy atom. The van der Waals surface area contributed by atoms with E-state index in [-0.39, 0.29) is 5.92 Å². The van der Waals surface area contributed by atoms with E-state index in [9.17, 15) is 9.18 Å². The highest BCUT2D eigenvalue weighted by molar-refractivity contribution is 5.77. The SMILES string of the molecule is Cc1nc(-c2ccncc2F)ccc1OC(N)C(C)(CC(C)C)C(=O)OC(C)(C)C. The summed E-state index contributed by atoms with van der Waals surface area (Å²) in [5.41, 5.74) is 6.04. The normalized spacial score (nSPS) is 14.9. The van der Waals surface area contributed by atoms with Crippen molar-refractivity contribution in [2.24, 2.45) is 17.1 Å². The second kappa shape index (κ2) is 9.08. The van der Waals surface area contributed by atoms with Crippen molar-refractivity contribution in [2.75, 3.05) is 0 Å². The van der Waals surface area contributed by atoms with E-state index >= 15 is 0 Å². The fourth-order valence-electron chi connectivity index (χ4n) is 3.23. The monoisotopic (exact) mass is 417 g/mol. The van der Waals surface area contributed by atoms with Gasteiger partial charge in [-0.3, -0.25) is 15.5 Å². The fraction of sp³-hybridized carbons (Fsp3) is 0.522. The Kier molecular flexibility index (Phi) is 7.18. The predicted molar refractivity (Wildman–Crippen MR) is 114 cm³/mol. The van der Waals surface area contributed by atoms with Crippen molar-refractivity contribution in [1.29, 1.82) is 0 Å². The van der Waals surface area contributed by atoms with Crippen molar-refractivity contribution in [1.82, 2.24) is 9.97 Å². The van der Waals surface area contributed by atoms with Crippen LogP contribution in [0.1, 0.15) is 53.7 Å². The van der Waals surface area contributed by atoms with Crippen LogP contribution < -0.4 is 10.5 Å². The Hall–Kier alpha value is -2.54. The Labute approximate surface area is 178 Å². The van der Waals surface area contributed by atoms with Gasteiger partial charge in [0.2, 0.25) is 0 Å². The molecule has 0 saturated heterocycles. The molecule has 0 aliphatic carbocycles. The molecule has 2 aromatic heterocycles. The van der Waals surface area contributed by atoms with Crippen LogP contribution in [0.25, 0.3) is 11.3 Å². The van der Waals surface area contributed by atoms with Gasteiger partial charge in [-0.15, -0.1) is 0 Å². The van der Waals surface area contributed by atoms with Gasteiger partial charge in [0.1, 0.15) is 16.8 Å². The first kappa shape index (κ1) is 23.7. The molecule has 0 aliphatic rings. The second-order valence-electron chi connectivity index (χ2n) is 9.19. The lowest BCUT2D eigenvalue weighted by atomic mass is 9.80. The summed E-state index contributed by atoms with van der Waals surface area (Å²) >= 11 is 0. The number of rotatable bonds is 7. The average molecular weight is 418 g/mol. The molecule has 0 spiro atoms. The lowest BCUT2D eigenvalue weighted by Gasteiger charge is -2.36. The van der Waals surface area contributed by atoms with Crippen LogP contribution in [0.3, 0.4) is 0 Å². The van der Waals surface area contributed by atoms with Gasteiger partial charge < -0.3 is 9.47 Å². The summed E-state index contributed by atoms with van der Waals surface area (Å²) in [5, 5.41) is 0. The Balaban J connectivity index is 2.29. The maximum atomic E-state index is 14.0. The molecule has 7 heteroatoms. The first-order valence-corrected chi connectivity index (χ1v) is 10.1. The molecule has 0 amide bonds. The van der Waals surface area contributed by atoms with Crippen LogP contribution in [-0.4, -0.2) is 27.8 Å². The molecule has 2 N–H and O–H groups in total. The number of carbonyl (C=O) groups excluding carboxylic acids is 1. The van der Waals surface area contributed by atoms with Gasteiger partial charge in [0.15, 0.2) is 12.0 Å². The number of esters is 1. The van der Waals surface area contributed by atoms with E-state index in [1.165, 1.54) is 6.20 Å². The second-order valence-corrected chi connectivity index (χ2v) is 9.19. The molecule has 2 rings (SSSR count). The van der Waals surface area contributed by atoms with Gasteiger partial charge >= 0.3 is 5.97 Å². The minimum absolute atomic E-state index is 0.202. The standard InChI is InChI=1S/C23H32FN3O3/c1-14(2)12-23(7,21(28)30-22(4,5)6)20(25)29-19-9-8-18(27-15(19)3)16-10-11-26-13-17(16)24/h8-11,13-14,20H,12,25H2,1-7H3. The molecule has 2 unspecified atom stereocenters. The molecule has 6 nitrogen and oxygen atoms in total. The number of halogens is 1. The van der Waals surface area contributed by atoms with Crippen LogP contribution in [0, 0.1) is 24.1 Å². The van der Waals surface area contributed by atoms with Crippen molar-refractivity contribution in [3.63, 3.8) is 0 Å². The number of nitrogens with two attached hydrogens (primary N) is 1. The van der Waals surface area contributed by atoms with E-state index in [1.807, 2.05) is 34.6 Å². The number of pyridine rings is 2. The number of ether oxygens (including phenoxy) is 2. The highest BCUT2D eigenvalue weighted by Gasteiger charge is 2.45. The molecule has 2 atom stereocenters. The zero-order valence-corrected chi connectivity index (χ0v) is 18.8. The van der Waals surface area contributed by atoms with Crippen LogP contribution >= 0.6 is 0 Å². The third kappa shape index (κ3) is 5.75. The van der Waals surface area contributed by atoms with E-state index in [4.69, 9.17) is 15.2 Å². The highest BCUT2D eigenvalue weighted by atomic mass is 19.1. The molecular weight excluding hydrogens is 385 g/mol. The molecular formula is C23H32FN3O3. The average Bonchev–Trinajstić information content (AvgIpc) is 2.61. The zero-order valence-electron chi connectivity index (χ0n) is 18.8. The minimum Gasteiger partial charge on any atom is -0.472 e. The van der Waals surface area contributed by atoms with Crippen LogP contribution in [-0.2, 0) is 9.53 Å². The van der Waals surface area contributed by atoms with Gasteiger partial charge in [0.05, 0.1) is 17.6 Å². The Morgan fingerprint density at radius 1 is 1.20 bits per heavy atom.